The zero-order valence-corrected chi connectivity index (χ0v) is 11.7. The van der Waals surface area contributed by atoms with E-state index in [1.165, 1.54) is 0 Å². The molecule has 1 amide bonds. The van der Waals surface area contributed by atoms with E-state index in [0.29, 0.717) is 17.1 Å². The minimum atomic E-state index is -0.395. The summed E-state index contributed by atoms with van der Waals surface area (Å²) in [4.78, 5) is 23.2. The van der Waals surface area contributed by atoms with Gasteiger partial charge in [0.15, 0.2) is 6.61 Å². The number of esters is 1. The third-order valence-electron chi connectivity index (χ3n) is 3.05. The van der Waals surface area contributed by atoms with Crippen LogP contribution in [0.4, 0.5) is 5.69 Å². The number of hydrogen-bond acceptors (Lipinski definition) is 3. The third kappa shape index (κ3) is 4.38. The molecule has 106 valence electrons. The van der Waals surface area contributed by atoms with E-state index in [0.717, 1.165) is 12.8 Å². The number of carbonyl (C=O) groups is 2. The Bertz CT molecular complexity index is 528. The Labute approximate surface area is 122 Å². The van der Waals surface area contributed by atoms with Gasteiger partial charge in [-0.1, -0.05) is 35.9 Å². The number of carbonyl (C=O) groups excluding carboxylic acids is 2. The van der Waals surface area contributed by atoms with E-state index in [2.05, 4.69) is 11.4 Å². The van der Waals surface area contributed by atoms with Crippen molar-refractivity contribution in [2.24, 2.45) is 5.92 Å². The van der Waals surface area contributed by atoms with Gasteiger partial charge in [0.05, 0.1) is 17.1 Å². The van der Waals surface area contributed by atoms with Gasteiger partial charge in [0.2, 0.25) is 0 Å². The average molecular weight is 294 g/mol. The fraction of sp³-hybridized carbons (Fsp3) is 0.333. The molecule has 1 N–H and O–H groups in total. The highest BCUT2D eigenvalue weighted by molar-refractivity contribution is 6.33. The molecule has 1 aromatic rings. The maximum Gasteiger partial charge on any atom is 0.306 e. The quantitative estimate of drug-likeness (QED) is 0.670. The van der Waals surface area contributed by atoms with Gasteiger partial charge in [-0.3, -0.25) is 9.59 Å². The maximum absolute atomic E-state index is 11.6. The zero-order valence-electron chi connectivity index (χ0n) is 11.0. The summed E-state index contributed by atoms with van der Waals surface area (Å²) in [5.74, 6) is -0.501. The van der Waals surface area contributed by atoms with Crippen LogP contribution in [0.1, 0.15) is 19.3 Å². The number of halogens is 1. The van der Waals surface area contributed by atoms with Crippen LogP contribution in [0.5, 0.6) is 0 Å². The summed E-state index contributed by atoms with van der Waals surface area (Å²) in [5, 5.41) is 3.04. The average Bonchev–Trinajstić information content (AvgIpc) is 2.92. The Morgan fingerprint density at radius 2 is 2.15 bits per heavy atom. The van der Waals surface area contributed by atoms with Gasteiger partial charge < -0.3 is 10.1 Å². The van der Waals surface area contributed by atoms with Gasteiger partial charge in [0, 0.05) is 0 Å². The van der Waals surface area contributed by atoms with E-state index in [4.69, 9.17) is 16.3 Å². The van der Waals surface area contributed by atoms with Gasteiger partial charge in [-0.05, 0) is 30.9 Å². The maximum atomic E-state index is 11.6. The van der Waals surface area contributed by atoms with E-state index >= 15 is 0 Å². The first-order chi connectivity index (χ1) is 9.65. The molecule has 1 atom stereocenters. The van der Waals surface area contributed by atoms with E-state index < -0.39 is 5.91 Å². The van der Waals surface area contributed by atoms with Crippen molar-refractivity contribution in [1.29, 1.82) is 0 Å². The van der Waals surface area contributed by atoms with Crippen molar-refractivity contribution in [2.75, 3.05) is 11.9 Å². The molecule has 0 saturated carbocycles. The molecule has 0 heterocycles. The summed E-state index contributed by atoms with van der Waals surface area (Å²) in [7, 11) is 0. The lowest BCUT2D eigenvalue weighted by Gasteiger charge is -2.09. The smallest absolute Gasteiger partial charge is 0.306 e. The minimum absolute atomic E-state index is 0.245. The molecule has 20 heavy (non-hydrogen) atoms. The van der Waals surface area contributed by atoms with Crippen molar-refractivity contribution in [2.45, 2.75) is 19.3 Å². The molecule has 1 aromatic carbocycles. The van der Waals surface area contributed by atoms with Gasteiger partial charge in [0.1, 0.15) is 0 Å². The molecular weight excluding hydrogens is 278 g/mol. The van der Waals surface area contributed by atoms with Crippen molar-refractivity contribution < 1.29 is 14.3 Å². The lowest BCUT2D eigenvalue weighted by molar-refractivity contribution is -0.147. The highest BCUT2D eigenvalue weighted by Gasteiger charge is 2.16. The predicted molar refractivity (Wildman–Crippen MR) is 77.5 cm³/mol. The van der Waals surface area contributed by atoms with Gasteiger partial charge in [-0.15, -0.1) is 0 Å². The van der Waals surface area contributed by atoms with Crippen LogP contribution < -0.4 is 5.32 Å². The van der Waals surface area contributed by atoms with Crippen LogP contribution >= 0.6 is 11.6 Å². The first-order valence-electron chi connectivity index (χ1n) is 6.52. The molecule has 0 aromatic heterocycles. The molecule has 0 aliphatic heterocycles. The van der Waals surface area contributed by atoms with Crippen molar-refractivity contribution in [1.82, 2.24) is 0 Å². The fourth-order valence-electron chi connectivity index (χ4n) is 2.03. The first-order valence-corrected chi connectivity index (χ1v) is 6.89. The van der Waals surface area contributed by atoms with Crippen LogP contribution in [0.15, 0.2) is 36.4 Å². The summed E-state index contributed by atoms with van der Waals surface area (Å²) >= 11 is 5.91. The zero-order chi connectivity index (χ0) is 14.4. The standard InChI is InChI=1S/C15H16ClNO3/c16-12-7-3-4-8-13(12)17-14(18)10-20-15(19)9-11-5-1-2-6-11/h1,3-5,7-8,11H,2,6,9-10H2,(H,17,18)/t11-/m1/s1. The molecule has 0 unspecified atom stereocenters. The summed E-state index contributed by atoms with van der Waals surface area (Å²) in [6.45, 7) is -0.291. The molecule has 5 heteroatoms. The number of nitrogens with one attached hydrogen (secondary N) is 1. The summed E-state index contributed by atoms with van der Waals surface area (Å²) in [6.07, 6.45) is 6.38. The second-order valence-electron chi connectivity index (χ2n) is 4.66. The second-order valence-corrected chi connectivity index (χ2v) is 5.07. The van der Waals surface area contributed by atoms with Crippen molar-refractivity contribution in [3.8, 4) is 0 Å². The lowest BCUT2D eigenvalue weighted by Crippen LogP contribution is -2.21. The number of para-hydroxylation sites is 1. The molecule has 1 aliphatic carbocycles. The third-order valence-corrected chi connectivity index (χ3v) is 3.38. The number of amides is 1. The van der Waals surface area contributed by atoms with Crippen LogP contribution in [0, 0.1) is 5.92 Å². The van der Waals surface area contributed by atoms with Crippen LogP contribution in [0.2, 0.25) is 5.02 Å². The summed E-state index contributed by atoms with van der Waals surface area (Å²) in [6, 6.07) is 6.90. The van der Waals surface area contributed by atoms with Crippen LogP contribution in [-0.2, 0) is 14.3 Å². The SMILES string of the molecule is O=C(COC(=O)C[C@@H]1C=CCC1)Nc1ccccc1Cl. The highest BCUT2D eigenvalue weighted by atomic mass is 35.5. The molecule has 0 bridgehead atoms. The number of ether oxygens (including phenoxy) is 1. The molecule has 0 saturated heterocycles. The molecule has 0 radical (unpaired) electrons. The molecule has 1 aliphatic rings. The van der Waals surface area contributed by atoms with Crippen LogP contribution in [0.25, 0.3) is 0 Å². The first kappa shape index (κ1) is 14.6. The Kier molecular flexibility index (Phi) is 5.18. The molecular formula is C15H16ClNO3. The van der Waals surface area contributed by atoms with Crippen molar-refractivity contribution in [3.63, 3.8) is 0 Å². The normalized spacial score (nSPS) is 16.9. The predicted octanol–water partition coefficient (Wildman–Crippen LogP) is 3.18. The lowest BCUT2D eigenvalue weighted by atomic mass is 10.1. The fourth-order valence-corrected chi connectivity index (χ4v) is 2.22. The highest BCUT2D eigenvalue weighted by Crippen LogP contribution is 2.21. The Hall–Kier alpha value is -1.81. The van der Waals surface area contributed by atoms with E-state index in [1.54, 1.807) is 24.3 Å². The van der Waals surface area contributed by atoms with Crippen LogP contribution in [0.3, 0.4) is 0 Å². The molecule has 0 fully saturated rings. The number of benzene rings is 1. The van der Waals surface area contributed by atoms with Crippen molar-refractivity contribution >= 4 is 29.2 Å². The number of rotatable bonds is 5. The van der Waals surface area contributed by atoms with Gasteiger partial charge in [-0.25, -0.2) is 0 Å². The van der Waals surface area contributed by atoms with E-state index in [9.17, 15) is 9.59 Å². The minimum Gasteiger partial charge on any atom is -0.456 e. The number of hydrogen-bond donors (Lipinski definition) is 1. The summed E-state index contributed by atoms with van der Waals surface area (Å²) in [5.41, 5.74) is 0.508. The van der Waals surface area contributed by atoms with Crippen LogP contribution in [-0.4, -0.2) is 18.5 Å². The molecule has 2 rings (SSSR count). The topological polar surface area (TPSA) is 55.4 Å². The van der Waals surface area contributed by atoms with E-state index in [-0.39, 0.29) is 18.5 Å². The monoisotopic (exact) mass is 293 g/mol. The van der Waals surface area contributed by atoms with Gasteiger partial charge in [0.25, 0.3) is 5.91 Å². The molecule has 4 nitrogen and oxygen atoms in total. The molecule has 0 spiro atoms. The Balaban J connectivity index is 1.73. The summed E-state index contributed by atoms with van der Waals surface area (Å²) < 4.78 is 4.95. The van der Waals surface area contributed by atoms with Gasteiger partial charge >= 0.3 is 5.97 Å². The van der Waals surface area contributed by atoms with Gasteiger partial charge in [-0.2, -0.15) is 0 Å². The number of allylic oxidation sites excluding steroid dienone is 2. The Morgan fingerprint density at radius 1 is 1.35 bits per heavy atom. The largest absolute Gasteiger partial charge is 0.456 e. The van der Waals surface area contributed by atoms with E-state index in [1.807, 2.05) is 6.08 Å². The Morgan fingerprint density at radius 3 is 2.85 bits per heavy atom. The van der Waals surface area contributed by atoms with Crippen molar-refractivity contribution in [3.05, 3.63) is 41.4 Å². The number of anilines is 1. The second kappa shape index (κ2) is 7.10.